The molecule has 0 aliphatic carbocycles. The van der Waals surface area contributed by atoms with E-state index in [2.05, 4.69) is 11.9 Å². The van der Waals surface area contributed by atoms with Gasteiger partial charge >= 0.3 is 0 Å². The van der Waals surface area contributed by atoms with Crippen LogP contribution in [0.15, 0.2) is 42.6 Å². The molecule has 0 aliphatic rings. The van der Waals surface area contributed by atoms with Crippen molar-refractivity contribution in [3.05, 3.63) is 69.5 Å². The van der Waals surface area contributed by atoms with Gasteiger partial charge in [-0.2, -0.15) is 0 Å². The number of benzene rings is 1. The Hall–Kier alpha value is -2.49. The number of rotatable bonds is 4. The number of hydrogen-bond acceptors (Lipinski definition) is 3. The first-order valence-electron chi connectivity index (χ1n) is 6.06. The summed E-state index contributed by atoms with van der Waals surface area (Å²) in [5.41, 5.74) is 3.08. The van der Waals surface area contributed by atoms with Crippen LogP contribution in [0.3, 0.4) is 0 Å². The highest BCUT2D eigenvalue weighted by Crippen LogP contribution is 2.14. The van der Waals surface area contributed by atoms with Gasteiger partial charge in [-0.05, 0) is 41.8 Å². The molecule has 0 radical (unpaired) electrons. The lowest BCUT2D eigenvalue weighted by Crippen LogP contribution is -1.87. The molecule has 0 atom stereocenters. The number of nitrogens with zero attached hydrogens (tertiary/aromatic N) is 2. The van der Waals surface area contributed by atoms with Gasteiger partial charge in [-0.15, -0.1) is 0 Å². The number of aryl methyl sites for hydroxylation is 1. The Morgan fingerprint density at radius 3 is 2.42 bits per heavy atom. The van der Waals surface area contributed by atoms with Crippen molar-refractivity contribution in [3.63, 3.8) is 0 Å². The van der Waals surface area contributed by atoms with Crippen LogP contribution < -0.4 is 0 Å². The topological polar surface area (TPSA) is 56.0 Å². The van der Waals surface area contributed by atoms with Gasteiger partial charge in [0.15, 0.2) is 0 Å². The van der Waals surface area contributed by atoms with E-state index >= 15 is 0 Å². The van der Waals surface area contributed by atoms with Crippen molar-refractivity contribution in [1.82, 2.24) is 4.98 Å². The summed E-state index contributed by atoms with van der Waals surface area (Å²) in [7, 11) is 0. The zero-order valence-corrected chi connectivity index (χ0v) is 10.6. The SMILES string of the molecule is CCc1ccc(/C=C\c2ccc([N+](=O)[O-])cc2)nc1. The zero-order chi connectivity index (χ0) is 13.7. The fourth-order valence-electron chi connectivity index (χ4n) is 1.63. The van der Waals surface area contributed by atoms with Gasteiger partial charge in [-0.3, -0.25) is 15.1 Å². The summed E-state index contributed by atoms with van der Waals surface area (Å²) >= 11 is 0. The third kappa shape index (κ3) is 3.48. The summed E-state index contributed by atoms with van der Waals surface area (Å²) in [5, 5.41) is 10.5. The molecule has 0 bridgehead atoms. The quantitative estimate of drug-likeness (QED) is 0.617. The average molecular weight is 254 g/mol. The molecule has 1 heterocycles. The molecule has 96 valence electrons. The van der Waals surface area contributed by atoms with Crippen molar-refractivity contribution >= 4 is 17.8 Å². The molecule has 0 N–H and O–H groups in total. The normalized spacial score (nSPS) is 10.8. The Bertz CT molecular complexity index is 587. The Kier molecular flexibility index (Phi) is 4.03. The lowest BCUT2D eigenvalue weighted by Gasteiger charge is -1.97. The average Bonchev–Trinajstić information content (AvgIpc) is 2.46. The molecule has 19 heavy (non-hydrogen) atoms. The fourth-order valence-corrected chi connectivity index (χ4v) is 1.63. The lowest BCUT2D eigenvalue weighted by atomic mass is 10.1. The van der Waals surface area contributed by atoms with E-state index in [9.17, 15) is 10.1 Å². The molecule has 0 fully saturated rings. The van der Waals surface area contributed by atoms with E-state index in [1.165, 1.54) is 17.7 Å². The Balaban J connectivity index is 2.10. The molecule has 0 saturated carbocycles. The molecular weight excluding hydrogens is 240 g/mol. The molecule has 0 aliphatic heterocycles. The van der Waals surface area contributed by atoms with Crippen molar-refractivity contribution in [3.8, 4) is 0 Å². The number of nitro groups is 1. The van der Waals surface area contributed by atoms with Crippen LogP contribution in [0.5, 0.6) is 0 Å². The second-order valence-corrected chi connectivity index (χ2v) is 4.13. The first-order valence-corrected chi connectivity index (χ1v) is 6.06. The molecule has 2 rings (SSSR count). The number of aromatic nitrogens is 1. The smallest absolute Gasteiger partial charge is 0.258 e. The molecule has 2 aromatic rings. The summed E-state index contributed by atoms with van der Waals surface area (Å²) in [6.07, 6.45) is 6.60. The number of pyridine rings is 1. The fraction of sp³-hybridized carbons (Fsp3) is 0.133. The van der Waals surface area contributed by atoms with Crippen molar-refractivity contribution in [1.29, 1.82) is 0 Å². The summed E-state index contributed by atoms with van der Waals surface area (Å²) < 4.78 is 0. The standard InChI is InChI=1S/C15H14N2O2/c1-2-12-3-7-14(16-11-12)8-4-13-5-9-15(10-6-13)17(18)19/h3-11H,2H2,1H3/b8-4-. The molecule has 4 heteroatoms. The van der Waals surface area contributed by atoms with E-state index in [1.54, 1.807) is 12.1 Å². The van der Waals surface area contributed by atoms with E-state index in [4.69, 9.17) is 0 Å². The van der Waals surface area contributed by atoms with Crippen LogP contribution in [0.4, 0.5) is 5.69 Å². The Morgan fingerprint density at radius 1 is 1.16 bits per heavy atom. The highest BCUT2D eigenvalue weighted by atomic mass is 16.6. The van der Waals surface area contributed by atoms with Gasteiger partial charge in [-0.25, -0.2) is 0 Å². The molecule has 1 aromatic carbocycles. The van der Waals surface area contributed by atoms with Gasteiger partial charge in [0.05, 0.1) is 10.6 Å². The minimum Gasteiger partial charge on any atom is -0.258 e. The maximum Gasteiger partial charge on any atom is 0.269 e. The Labute approximate surface area is 111 Å². The van der Waals surface area contributed by atoms with E-state index in [-0.39, 0.29) is 5.69 Å². The van der Waals surface area contributed by atoms with E-state index in [0.717, 1.165) is 17.7 Å². The number of non-ortho nitro benzene ring substituents is 1. The van der Waals surface area contributed by atoms with Gasteiger partial charge in [-0.1, -0.05) is 19.1 Å². The van der Waals surface area contributed by atoms with Crippen LogP contribution in [0, 0.1) is 10.1 Å². The zero-order valence-electron chi connectivity index (χ0n) is 10.6. The number of hydrogen-bond donors (Lipinski definition) is 0. The molecule has 1 aromatic heterocycles. The first-order chi connectivity index (χ1) is 9.19. The highest BCUT2D eigenvalue weighted by molar-refractivity contribution is 5.68. The van der Waals surface area contributed by atoms with Crippen LogP contribution in [-0.2, 0) is 6.42 Å². The second-order valence-electron chi connectivity index (χ2n) is 4.13. The van der Waals surface area contributed by atoms with Gasteiger partial charge in [0.1, 0.15) is 0 Å². The summed E-state index contributed by atoms with van der Waals surface area (Å²) in [4.78, 5) is 14.4. The predicted molar refractivity (Wildman–Crippen MR) is 75.6 cm³/mol. The molecular formula is C15H14N2O2. The van der Waals surface area contributed by atoms with Crippen LogP contribution in [0.25, 0.3) is 12.2 Å². The molecule has 0 saturated heterocycles. The van der Waals surface area contributed by atoms with Crippen LogP contribution in [-0.4, -0.2) is 9.91 Å². The van der Waals surface area contributed by atoms with E-state index in [0.29, 0.717) is 0 Å². The minimum atomic E-state index is -0.404. The monoisotopic (exact) mass is 254 g/mol. The lowest BCUT2D eigenvalue weighted by molar-refractivity contribution is -0.384. The minimum absolute atomic E-state index is 0.0996. The number of nitro benzene ring substituents is 1. The van der Waals surface area contributed by atoms with Crippen molar-refractivity contribution in [2.45, 2.75) is 13.3 Å². The summed E-state index contributed by atoms with van der Waals surface area (Å²) in [6, 6.07) is 10.4. The van der Waals surface area contributed by atoms with E-state index in [1.807, 2.05) is 30.5 Å². The summed E-state index contributed by atoms with van der Waals surface area (Å²) in [5.74, 6) is 0. The van der Waals surface area contributed by atoms with Gasteiger partial charge in [0.2, 0.25) is 0 Å². The van der Waals surface area contributed by atoms with Crippen LogP contribution in [0.1, 0.15) is 23.7 Å². The molecule has 4 nitrogen and oxygen atoms in total. The van der Waals surface area contributed by atoms with Gasteiger partial charge in [0.25, 0.3) is 5.69 Å². The highest BCUT2D eigenvalue weighted by Gasteiger charge is 2.02. The van der Waals surface area contributed by atoms with Crippen molar-refractivity contribution in [2.24, 2.45) is 0 Å². The van der Waals surface area contributed by atoms with E-state index < -0.39 is 4.92 Å². The van der Waals surface area contributed by atoms with Crippen LogP contribution >= 0.6 is 0 Å². The Morgan fingerprint density at radius 2 is 1.89 bits per heavy atom. The van der Waals surface area contributed by atoms with Crippen molar-refractivity contribution in [2.75, 3.05) is 0 Å². The molecule has 0 amide bonds. The third-order valence-corrected chi connectivity index (χ3v) is 2.81. The largest absolute Gasteiger partial charge is 0.269 e. The molecule has 0 spiro atoms. The van der Waals surface area contributed by atoms with Gasteiger partial charge in [0, 0.05) is 18.3 Å². The first kappa shape index (κ1) is 13.0. The van der Waals surface area contributed by atoms with Crippen molar-refractivity contribution < 1.29 is 4.92 Å². The summed E-state index contributed by atoms with van der Waals surface area (Å²) in [6.45, 7) is 2.09. The van der Waals surface area contributed by atoms with Crippen LogP contribution in [0.2, 0.25) is 0 Å². The maximum absolute atomic E-state index is 10.5. The predicted octanol–water partition coefficient (Wildman–Crippen LogP) is 3.72. The molecule has 0 unspecified atom stereocenters. The van der Waals surface area contributed by atoms with Gasteiger partial charge < -0.3 is 0 Å². The third-order valence-electron chi connectivity index (χ3n) is 2.81. The maximum atomic E-state index is 10.5. The second kappa shape index (κ2) is 5.91.